The van der Waals surface area contributed by atoms with Gasteiger partial charge in [0.2, 0.25) is 5.91 Å². The van der Waals surface area contributed by atoms with Crippen LogP contribution in [-0.2, 0) is 9.59 Å². The van der Waals surface area contributed by atoms with Crippen LogP contribution in [0, 0.1) is 5.92 Å². The first-order valence-electron chi connectivity index (χ1n) is 7.00. The highest BCUT2D eigenvalue weighted by molar-refractivity contribution is 6.33. The van der Waals surface area contributed by atoms with E-state index in [9.17, 15) is 19.5 Å². The van der Waals surface area contributed by atoms with Crippen LogP contribution >= 0.6 is 11.6 Å². The van der Waals surface area contributed by atoms with Gasteiger partial charge < -0.3 is 9.90 Å². The quantitative estimate of drug-likeness (QED) is 0.732. The number of benzene rings is 1. The summed E-state index contributed by atoms with van der Waals surface area (Å²) in [6.07, 6.45) is 1.32. The van der Waals surface area contributed by atoms with Crippen molar-refractivity contribution in [2.75, 3.05) is 0 Å². The molecule has 0 unspecified atom stereocenters. The normalized spacial score (nSPS) is 11.5. The summed E-state index contributed by atoms with van der Waals surface area (Å²) in [7, 11) is 0. The van der Waals surface area contributed by atoms with E-state index < -0.39 is 23.7 Å². The molecule has 0 saturated carbocycles. The number of rotatable bonds is 7. The number of carbonyl (C=O) groups excluding carboxylic acids is 3. The second-order valence-electron chi connectivity index (χ2n) is 4.83. The molecule has 0 heterocycles. The van der Waals surface area contributed by atoms with E-state index in [1.165, 1.54) is 6.07 Å². The summed E-state index contributed by atoms with van der Waals surface area (Å²) < 4.78 is 0. The van der Waals surface area contributed by atoms with Crippen LogP contribution < -0.4 is 16.0 Å². The molecule has 1 aromatic carbocycles. The maximum Gasteiger partial charge on any atom is 0.271 e. The minimum absolute atomic E-state index is 0.0125. The predicted octanol–water partition coefficient (Wildman–Crippen LogP) is 1.05. The lowest BCUT2D eigenvalue weighted by Gasteiger charge is -2.16. The van der Waals surface area contributed by atoms with Crippen molar-refractivity contribution in [1.82, 2.24) is 10.9 Å². The molecule has 0 spiro atoms. The predicted molar refractivity (Wildman–Crippen MR) is 79.7 cm³/mol. The Bertz CT molecular complexity index is 548. The highest BCUT2D eigenvalue weighted by Gasteiger charge is 2.13. The van der Waals surface area contributed by atoms with E-state index >= 15 is 0 Å². The average Bonchev–Trinajstić information content (AvgIpc) is 2.49. The van der Waals surface area contributed by atoms with Gasteiger partial charge in [0, 0.05) is 12.4 Å². The molecule has 0 radical (unpaired) electrons. The van der Waals surface area contributed by atoms with Crippen molar-refractivity contribution < 1.29 is 19.5 Å². The Morgan fingerprint density at radius 3 is 2.45 bits per heavy atom. The van der Waals surface area contributed by atoms with Crippen molar-refractivity contribution in [1.29, 1.82) is 0 Å². The van der Waals surface area contributed by atoms with Crippen molar-refractivity contribution in [3.8, 4) is 0 Å². The summed E-state index contributed by atoms with van der Waals surface area (Å²) in [4.78, 5) is 34.3. The van der Waals surface area contributed by atoms with Gasteiger partial charge >= 0.3 is 0 Å². The summed E-state index contributed by atoms with van der Waals surface area (Å²) in [5.41, 5.74) is 4.71. The molecule has 1 atom stereocenters. The maximum atomic E-state index is 11.8. The summed E-state index contributed by atoms with van der Waals surface area (Å²) in [5, 5.41) is 11.1. The molecular weight excluding hydrogens is 308 g/mol. The fourth-order valence-corrected chi connectivity index (χ4v) is 2.16. The number of halogens is 1. The Kier molecular flexibility index (Phi) is 7.39. The Morgan fingerprint density at radius 1 is 1.18 bits per heavy atom. The summed E-state index contributed by atoms with van der Waals surface area (Å²) in [6, 6.07) is 6.42. The summed E-state index contributed by atoms with van der Waals surface area (Å²) >= 11 is 5.86. The van der Waals surface area contributed by atoms with Crippen molar-refractivity contribution in [2.45, 2.75) is 32.6 Å². The average molecular weight is 326 g/mol. The van der Waals surface area contributed by atoms with Gasteiger partial charge in [-0.25, -0.2) is 0 Å². The fraction of sp³-hybridized carbons (Fsp3) is 0.400. The second-order valence-corrected chi connectivity index (χ2v) is 5.23. The summed E-state index contributed by atoms with van der Waals surface area (Å²) in [5.74, 6) is -2.82. The zero-order valence-electron chi connectivity index (χ0n) is 12.2. The molecule has 1 aromatic rings. The third-order valence-electron chi connectivity index (χ3n) is 3.12. The molecular formula is C15H18ClN2O4-. The van der Waals surface area contributed by atoms with E-state index in [2.05, 4.69) is 10.9 Å². The van der Waals surface area contributed by atoms with E-state index in [1.807, 2.05) is 6.92 Å². The fourth-order valence-electron chi connectivity index (χ4n) is 1.94. The van der Waals surface area contributed by atoms with Crippen LogP contribution in [-0.4, -0.2) is 17.8 Å². The minimum atomic E-state index is -1.16. The number of aliphatic carboxylic acids is 1. The smallest absolute Gasteiger partial charge is 0.271 e. The number of carbonyl (C=O) groups is 3. The largest absolute Gasteiger partial charge is 0.550 e. The topological polar surface area (TPSA) is 98.3 Å². The molecule has 6 nitrogen and oxygen atoms in total. The van der Waals surface area contributed by atoms with Crippen molar-refractivity contribution >= 4 is 29.4 Å². The van der Waals surface area contributed by atoms with Gasteiger partial charge in [0.1, 0.15) is 0 Å². The highest BCUT2D eigenvalue weighted by Crippen LogP contribution is 2.14. The zero-order valence-corrected chi connectivity index (χ0v) is 13.0. The monoisotopic (exact) mass is 325 g/mol. The number of hydrogen-bond acceptors (Lipinski definition) is 4. The van der Waals surface area contributed by atoms with Crippen molar-refractivity contribution in [2.24, 2.45) is 5.92 Å². The number of carboxylic acids is 1. The molecule has 0 bridgehead atoms. The number of nitrogens with one attached hydrogen (secondary N) is 2. The van der Waals surface area contributed by atoms with Crippen molar-refractivity contribution in [3.05, 3.63) is 34.9 Å². The van der Waals surface area contributed by atoms with Crippen LogP contribution in [0.3, 0.4) is 0 Å². The SMILES string of the molecule is CCC[C@H](CCC(=O)NNC(=O)c1ccccc1Cl)C(=O)[O-]. The molecule has 0 saturated heterocycles. The Morgan fingerprint density at radius 2 is 1.86 bits per heavy atom. The molecule has 0 aliphatic carbocycles. The van der Waals surface area contributed by atoms with Gasteiger partial charge in [0.25, 0.3) is 5.91 Å². The molecule has 0 aromatic heterocycles. The van der Waals surface area contributed by atoms with E-state index in [-0.39, 0.29) is 23.4 Å². The maximum absolute atomic E-state index is 11.8. The first kappa shape index (κ1) is 18.0. The molecule has 0 aliphatic heterocycles. The van der Waals surface area contributed by atoms with Crippen LogP contribution in [0.1, 0.15) is 43.0 Å². The minimum Gasteiger partial charge on any atom is -0.550 e. The number of amides is 2. The van der Waals surface area contributed by atoms with Crippen LogP contribution in [0.5, 0.6) is 0 Å². The molecule has 22 heavy (non-hydrogen) atoms. The lowest BCUT2D eigenvalue weighted by Crippen LogP contribution is -2.42. The number of hydrazine groups is 1. The first-order valence-corrected chi connectivity index (χ1v) is 7.38. The van der Waals surface area contributed by atoms with Gasteiger partial charge in [-0.2, -0.15) is 0 Å². The third-order valence-corrected chi connectivity index (χ3v) is 3.45. The molecule has 2 N–H and O–H groups in total. The number of hydrogen-bond donors (Lipinski definition) is 2. The van der Waals surface area contributed by atoms with Crippen LogP contribution in [0.15, 0.2) is 24.3 Å². The highest BCUT2D eigenvalue weighted by atomic mass is 35.5. The van der Waals surface area contributed by atoms with Crippen molar-refractivity contribution in [3.63, 3.8) is 0 Å². The van der Waals surface area contributed by atoms with Gasteiger partial charge in [0.15, 0.2) is 0 Å². The van der Waals surface area contributed by atoms with Gasteiger partial charge in [0.05, 0.1) is 10.6 Å². The van der Waals surface area contributed by atoms with E-state index in [1.54, 1.807) is 18.2 Å². The van der Waals surface area contributed by atoms with Gasteiger partial charge in [-0.1, -0.05) is 37.1 Å². The second kappa shape index (κ2) is 9.04. The molecule has 0 fully saturated rings. The molecule has 2 amide bonds. The van der Waals surface area contributed by atoms with E-state index in [0.717, 1.165) is 0 Å². The first-order chi connectivity index (χ1) is 10.5. The van der Waals surface area contributed by atoms with E-state index in [4.69, 9.17) is 11.6 Å². The van der Waals surface area contributed by atoms with Gasteiger partial charge in [-0.3, -0.25) is 20.4 Å². The van der Waals surface area contributed by atoms with E-state index in [0.29, 0.717) is 12.8 Å². The van der Waals surface area contributed by atoms with Gasteiger partial charge in [-0.05, 0) is 30.9 Å². The lowest BCUT2D eigenvalue weighted by molar-refractivity contribution is -0.312. The van der Waals surface area contributed by atoms with Gasteiger partial charge in [-0.15, -0.1) is 0 Å². The van der Waals surface area contributed by atoms with Crippen LogP contribution in [0.25, 0.3) is 0 Å². The molecule has 120 valence electrons. The Balaban J connectivity index is 2.41. The Hall–Kier alpha value is -2.08. The van der Waals surface area contributed by atoms with Crippen LogP contribution in [0.4, 0.5) is 0 Å². The molecule has 7 heteroatoms. The Labute approximate surface area is 133 Å². The lowest BCUT2D eigenvalue weighted by atomic mass is 9.98. The third kappa shape index (κ3) is 5.73. The zero-order chi connectivity index (χ0) is 16.5. The molecule has 1 rings (SSSR count). The number of carboxylic acid groups (broad SMARTS) is 1. The summed E-state index contributed by atoms with van der Waals surface area (Å²) in [6.45, 7) is 1.86. The van der Waals surface area contributed by atoms with Crippen LogP contribution in [0.2, 0.25) is 5.02 Å². The standard InChI is InChI=1S/C15H19ClN2O4/c1-2-5-10(15(21)22)8-9-13(19)17-18-14(20)11-6-3-4-7-12(11)16/h3-4,6-7,10H,2,5,8-9H2,1H3,(H,17,19)(H,18,20)(H,21,22)/p-1/t10-/m1/s1. The molecule has 0 aliphatic rings.